The minimum absolute atomic E-state index is 0.135. The molecule has 2 aliphatic rings. The quantitative estimate of drug-likeness (QED) is 0.427. The lowest BCUT2D eigenvalue weighted by Gasteiger charge is -2.40. The van der Waals surface area contributed by atoms with Crippen LogP contribution in [-0.2, 0) is 0 Å². The predicted molar refractivity (Wildman–Crippen MR) is 125 cm³/mol. The zero-order valence-corrected chi connectivity index (χ0v) is 18.1. The predicted octanol–water partition coefficient (Wildman–Crippen LogP) is 4.72. The van der Waals surface area contributed by atoms with Crippen LogP contribution in [0, 0.1) is 10.1 Å². The molecule has 1 unspecified atom stereocenters. The van der Waals surface area contributed by atoms with E-state index in [-0.39, 0.29) is 16.7 Å². The topological polar surface area (TPSA) is 96.5 Å². The molecule has 0 spiro atoms. The Kier molecular flexibility index (Phi) is 5.94. The third-order valence-electron chi connectivity index (χ3n) is 6.67. The van der Waals surface area contributed by atoms with Crippen LogP contribution in [0.25, 0.3) is 11.1 Å². The number of nitrogens with one attached hydrogen (secondary N) is 2. The van der Waals surface area contributed by atoms with Crippen LogP contribution in [0.1, 0.15) is 38.5 Å². The summed E-state index contributed by atoms with van der Waals surface area (Å²) in [5.74, 6) is 0. The largest absolute Gasteiger partial charge is 0.424 e. The maximum absolute atomic E-state index is 10.9. The molecule has 1 aromatic heterocycles. The highest BCUT2D eigenvalue weighted by molar-refractivity contribution is 5.74. The smallest absolute Gasteiger partial charge is 0.295 e. The lowest BCUT2D eigenvalue weighted by Crippen LogP contribution is -2.54. The monoisotopic (exact) mass is 435 g/mol. The molecule has 168 valence electrons. The molecule has 32 heavy (non-hydrogen) atoms. The first-order valence-electron chi connectivity index (χ1n) is 11.5. The zero-order chi connectivity index (χ0) is 21.9. The van der Waals surface area contributed by atoms with Crippen LogP contribution >= 0.6 is 0 Å². The van der Waals surface area contributed by atoms with Gasteiger partial charge in [-0.3, -0.25) is 10.1 Å². The summed E-state index contributed by atoms with van der Waals surface area (Å²) in [7, 11) is 0. The van der Waals surface area contributed by atoms with Crippen molar-refractivity contribution in [3.8, 4) is 0 Å². The molecule has 2 aromatic carbocycles. The highest BCUT2D eigenvalue weighted by Gasteiger charge is 2.30. The molecule has 1 aliphatic carbocycles. The molecule has 0 bridgehead atoms. The van der Waals surface area contributed by atoms with E-state index in [1.807, 2.05) is 36.4 Å². The minimum Gasteiger partial charge on any atom is -0.424 e. The highest BCUT2D eigenvalue weighted by Crippen LogP contribution is 2.27. The van der Waals surface area contributed by atoms with Crippen molar-refractivity contribution in [3.05, 3.63) is 58.6 Å². The number of piperidine rings is 1. The average molecular weight is 436 g/mol. The Morgan fingerprint density at radius 3 is 2.56 bits per heavy atom. The summed E-state index contributed by atoms with van der Waals surface area (Å²) in [6, 6.07) is 16.4. The first-order valence-corrected chi connectivity index (χ1v) is 11.5. The van der Waals surface area contributed by atoms with Crippen molar-refractivity contribution in [2.24, 2.45) is 0 Å². The second-order valence-corrected chi connectivity index (χ2v) is 8.85. The molecule has 1 saturated heterocycles. The second kappa shape index (κ2) is 9.16. The fraction of sp³-hybridized carbons (Fsp3) is 0.458. The Morgan fingerprint density at radius 2 is 1.78 bits per heavy atom. The number of rotatable bonds is 6. The minimum atomic E-state index is -0.350. The van der Waals surface area contributed by atoms with E-state index in [1.165, 1.54) is 12.8 Å². The van der Waals surface area contributed by atoms with E-state index in [2.05, 4.69) is 20.5 Å². The van der Waals surface area contributed by atoms with Crippen LogP contribution < -0.4 is 15.5 Å². The molecule has 3 atom stereocenters. The van der Waals surface area contributed by atoms with Gasteiger partial charge in [-0.25, -0.2) is 0 Å². The lowest BCUT2D eigenvalue weighted by molar-refractivity contribution is -0.384. The number of nitrogens with zero attached hydrogens (tertiary/aromatic N) is 3. The Morgan fingerprint density at radius 1 is 1.00 bits per heavy atom. The van der Waals surface area contributed by atoms with E-state index in [9.17, 15) is 10.1 Å². The summed E-state index contributed by atoms with van der Waals surface area (Å²) in [6.45, 7) is 1.88. The van der Waals surface area contributed by atoms with Crippen LogP contribution in [0.15, 0.2) is 52.9 Å². The second-order valence-electron chi connectivity index (χ2n) is 8.85. The van der Waals surface area contributed by atoms with Gasteiger partial charge in [0.15, 0.2) is 5.58 Å². The van der Waals surface area contributed by atoms with Gasteiger partial charge in [-0.1, -0.05) is 25.0 Å². The van der Waals surface area contributed by atoms with Gasteiger partial charge in [0.05, 0.1) is 4.92 Å². The maximum Gasteiger partial charge on any atom is 0.295 e. The van der Waals surface area contributed by atoms with Gasteiger partial charge in [0.1, 0.15) is 5.52 Å². The van der Waals surface area contributed by atoms with Crippen LogP contribution in [0.3, 0.4) is 0 Å². The van der Waals surface area contributed by atoms with Crippen LogP contribution in [0.5, 0.6) is 0 Å². The van der Waals surface area contributed by atoms with Gasteiger partial charge >= 0.3 is 0 Å². The number of hydrogen-bond donors (Lipinski definition) is 2. The molecule has 3 aromatic rings. The Balaban J connectivity index is 1.23. The molecular formula is C24H29N5O3. The average Bonchev–Trinajstić information content (AvgIpc) is 3.23. The zero-order valence-electron chi connectivity index (χ0n) is 18.1. The SMILES string of the molecule is O=[N+]([O-])c1ccc(N2CCCC(N[C@@H]3CCCC[C@H]3Nc3nc4ccccc4o3)C2)cc1. The van der Waals surface area contributed by atoms with Gasteiger partial charge in [0.25, 0.3) is 11.7 Å². The third kappa shape index (κ3) is 4.55. The van der Waals surface area contributed by atoms with Crippen LogP contribution in [0.4, 0.5) is 17.4 Å². The van der Waals surface area contributed by atoms with Gasteiger partial charge in [-0.05, 0) is 49.9 Å². The van der Waals surface area contributed by atoms with Crippen molar-refractivity contribution in [3.63, 3.8) is 0 Å². The summed E-state index contributed by atoms with van der Waals surface area (Å²) in [5.41, 5.74) is 2.87. The summed E-state index contributed by atoms with van der Waals surface area (Å²) in [4.78, 5) is 17.5. The molecule has 8 heteroatoms. The Labute approximate surface area is 187 Å². The van der Waals surface area contributed by atoms with E-state index in [1.54, 1.807) is 12.1 Å². The van der Waals surface area contributed by atoms with Gasteiger partial charge in [-0.2, -0.15) is 4.98 Å². The number of non-ortho nitro benzene ring substituents is 1. The molecular weight excluding hydrogens is 406 g/mol. The molecule has 2 fully saturated rings. The summed E-state index contributed by atoms with van der Waals surface area (Å²) >= 11 is 0. The molecule has 0 radical (unpaired) electrons. The number of fused-ring (bicyclic) bond motifs is 1. The van der Waals surface area contributed by atoms with E-state index in [4.69, 9.17) is 4.42 Å². The summed E-state index contributed by atoms with van der Waals surface area (Å²) in [5, 5.41) is 18.4. The van der Waals surface area contributed by atoms with Gasteiger partial charge < -0.3 is 20.0 Å². The molecule has 5 rings (SSSR count). The highest BCUT2D eigenvalue weighted by atomic mass is 16.6. The molecule has 0 amide bonds. The third-order valence-corrected chi connectivity index (χ3v) is 6.67. The molecule has 8 nitrogen and oxygen atoms in total. The summed E-state index contributed by atoms with van der Waals surface area (Å²) in [6.07, 6.45) is 6.89. The fourth-order valence-electron chi connectivity index (χ4n) is 5.03. The van der Waals surface area contributed by atoms with E-state index in [0.717, 1.165) is 55.6 Å². The Bertz CT molecular complexity index is 1030. The fourth-order valence-corrected chi connectivity index (χ4v) is 5.03. The summed E-state index contributed by atoms with van der Waals surface area (Å²) < 4.78 is 5.90. The molecule has 1 aliphatic heterocycles. The standard InChI is InChI=1S/C24H29N5O3/c30-29(31)19-13-11-18(12-14-19)28-15-5-6-17(16-28)25-20-7-1-2-8-21(20)26-24-27-22-9-3-4-10-23(22)32-24/h3-4,9-14,17,20-21,25H,1-2,5-8,15-16H2,(H,26,27)/t17?,20-,21-/m1/s1. The lowest BCUT2D eigenvalue weighted by atomic mass is 9.89. The van der Waals surface area contributed by atoms with Crippen molar-refractivity contribution >= 4 is 28.5 Å². The van der Waals surface area contributed by atoms with Gasteiger partial charge in [-0.15, -0.1) is 0 Å². The number of aromatic nitrogens is 1. The normalized spacial score (nSPS) is 23.9. The van der Waals surface area contributed by atoms with E-state index in [0.29, 0.717) is 18.1 Å². The number of hydrogen-bond acceptors (Lipinski definition) is 7. The molecule has 2 N–H and O–H groups in total. The first kappa shape index (κ1) is 20.8. The van der Waals surface area contributed by atoms with Crippen LogP contribution in [0.2, 0.25) is 0 Å². The number of para-hydroxylation sites is 2. The van der Waals surface area contributed by atoms with Crippen molar-refractivity contribution in [2.75, 3.05) is 23.3 Å². The van der Waals surface area contributed by atoms with Crippen LogP contribution in [-0.4, -0.2) is 41.1 Å². The Hall–Kier alpha value is -3.13. The number of nitro benzene ring substituents is 1. The van der Waals surface area contributed by atoms with Gasteiger partial charge in [0, 0.05) is 49.0 Å². The first-order chi connectivity index (χ1) is 15.7. The van der Waals surface area contributed by atoms with E-state index >= 15 is 0 Å². The van der Waals surface area contributed by atoms with Crippen molar-refractivity contribution in [2.45, 2.75) is 56.7 Å². The van der Waals surface area contributed by atoms with E-state index < -0.39 is 0 Å². The van der Waals surface area contributed by atoms with Crippen molar-refractivity contribution in [1.29, 1.82) is 0 Å². The number of benzene rings is 2. The van der Waals surface area contributed by atoms with Gasteiger partial charge in [0.2, 0.25) is 0 Å². The maximum atomic E-state index is 10.9. The van der Waals surface area contributed by atoms with Crippen molar-refractivity contribution < 1.29 is 9.34 Å². The number of anilines is 2. The van der Waals surface area contributed by atoms with Crippen molar-refractivity contribution in [1.82, 2.24) is 10.3 Å². The number of nitro groups is 1. The molecule has 2 heterocycles. The number of oxazole rings is 1. The molecule has 1 saturated carbocycles.